The van der Waals surface area contributed by atoms with Gasteiger partial charge in [0.25, 0.3) is 5.91 Å². The molecule has 1 aliphatic heterocycles. The number of carbonyl (C=O) groups is 2. The molecule has 0 saturated heterocycles. The molecule has 0 radical (unpaired) electrons. The molecule has 1 aromatic carbocycles. The number of anilines is 1. The van der Waals surface area contributed by atoms with Crippen molar-refractivity contribution in [2.24, 2.45) is 0 Å². The Balaban J connectivity index is 1.75. The Hall–Kier alpha value is -2.34. The van der Waals surface area contributed by atoms with Gasteiger partial charge in [0.15, 0.2) is 0 Å². The summed E-state index contributed by atoms with van der Waals surface area (Å²) in [5.41, 5.74) is 1.80. The average Bonchev–Trinajstić information content (AvgIpc) is 3.16. The van der Waals surface area contributed by atoms with Crippen LogP contribution in [0.3, 0.4) is 0 Å². The summed E-state index contributed by atoms with van der Waals surface area (Å²) in [6, 6.07) is 7.47. The molecule has 0 spiro atoms. The highest BCUT2D eigenvalue weighted by atomic mass is 35.5. The first kappa shape index (κ1) is 23.8. The third-order valence-electron chi connectivity index (χ3n) is 7.11. The summed E-state index contributed by atoms with van der Waals surface area (Å²) in [4.78, 5) is 29.4. The van der Waals surface area contributed by atoms with Gasteiger partial charge in [0, 0.05) is 16.8 Å². The molecule has 33 heavy (non-hydrogen) atoms. The number of nitrogens with one attached hydrogen (secondary N) is 1. The van der Waals surface area contributed by atoms with Gasteiger partial charge in [-0.15, -0.1) is 0 Å². The second-order valence-electron chi connectivity index (χ2n) is 10.1. The van der Waals surface area contributed by atoms with Gasteiger partial charge in [-0.3, -0.25) is 19.2 Å². The lowest BCUT2D eigenvalue weighted by atomic mass is 9.91. The molecule has 2 heterocycles. The molecule has 1 unspecified atom stereocenters. The van der Waals surface area contributed by atoms with E-state index in [2.05, 4.69) is 24.3 Å². The fourth-order valence-electron chi connectivity index (χ4n) is 5.03. The maximum atomic E-state index is 13.9. The minimum Gasteiger partial charge on any atom is -0.351 e. The predicted molar refractivity (Wildman–Crippen MR) is 132 cm³/mol. The highest BCUT2D eigenvalue weighted by molar-refractivity contribution is 6.31. The van der Waals surface area contributed by atoms with E-state index in [1.807, 2.05) is 32.0 Å². The maximum Gasteiger partial charge on any atom is 0.277 e. The van der Waals surface area contributed by atoms with Crippen LogP contribution in [0.5, 0.6) is 0 Å². The van der Waals surface area contributed by atoms with Gasteiger partial charge in [-0.1, -0.05) is 63.6 Å². The number of aryl methyl sites for hydroxylation is 1. The minimum atomic E-state index is -1.12. The molecule has 1 fully saturated rings. The molecule has 2 amide bonds. The number of hydrogen-bond donors (Lipinski definition) is 1. The molecule has 0 bridgehead atoms. The lowest BCUT2D eigenvalue weighted by Gasteiger charge is -2.44. The number of amides is 2. The standard InChI is InChI=1S/C26H35ClN4O2/c1-17(2)21-15-23-24(32)31(22-14-19(27)13-12-18(22)3)26(4,16-30(23)29-21)25(33)28-20-10-8-6-5-7-9-11-20/h12-15,17,20H,5-11,16H2,1-4H3,(H,28,33). The molecule has 178 valence electrons. The summed E-state index contributed by atoms with van der Waals surface area (Å²) < 4.78 is 1.71. The van der Waals surface area contributed by atoms with Gasteiger partial charge < -0.3 is 5.32 Å². The number of hydrogen-bond acceptors (Lipinski definition) is 3. The third kappa shape index (κ3) is 4.68. The lowest BCUT2D eigenvalue weighted by Crippen LogP contribution is -2.65. The smallest absolute Gasteiger partial charge is 0.277 e. The number of fused-ring (bicyclic) bond motifs is 1. The molecule has 7 heteroatoms. The van der Waals surface area contributed by atoms with Crippen molar-refractivity contribution < 1.29 is 9.59 Å². The molecule has 2 aromatic rings. The predicted octanol–water partition coefficient (Wildman–Crippen LogP) is 5.62. The van der Waals surface area contributed by atoms with Crippen LogP contribution >= 0.6 is 11.6 Å². The average molecular weight is 471 g/mol. The fraction of sp³-hybridized carbons (Fsp3) is 0.577. The zero-order chi connectivity index (χ0) is 23.8. The normalized spacial score (nSPS) is 22.1. The van der Waals surface area contributed by atoms with E-state index in [1.165, 1.54) is 19.3 Å². The van der Waals surface area contributed by atoms with Crippen molar-refractivity contribution in [3.63, 3.8) is 0 Å². The monoisotopic (exact) mass is 470 g/mol. The van der Waals surface area contributed by atoms with E-state index in [1.54, 1.807) is 15.6 Å². The van der Waals surface area contributed by atoms with E-state index < -0.39 is 5.54 Å². The Labute approximate surface area is 201 Å². The van der Waals surface area contributed by atoms with Gasteiger partial charge in [0.2, 0.25) is 5.91 Å². The SMILES string of the molecule is Cc1ccc(Cl)cc1N1C(=O)c2cc(C(C)C)nn2CC1(C)C(=O)NC1CCCCCCC1. The second kappa shape index (κ2) is 9.49. The number of rotatable bonds is 4. The number of benzene rings is 1. The van der Waals surface area contributed by atoms with Crippen molar-refractivity contribution in [3.05, 3.63) is 46.2 Å². The van der Waals surface area contributed by atoms with Gasteiger partial charge >= 0.3 is 0 Å². The second-order valence-corrected chi connectivity index (χ2v) is 10.6. The van der Waals surface area contributed by atoms with E-state index in [0.717, 1.165) is 36.9 Å². The summed E-state index contributed by atoms with van der Waals surface area (Å²) in [6.07, 6.45) is 7.91. The van der Waals surface area contributed by atoms with Crippen LogP contribution in [0.25, 0.3) is 0 Å². The summed E-state index contributed by atoms with van der Waals surface area (Å²) in [5, 5.41) is 8.52. The molecule has 1 aromatic heterocycles. The van der Waals surface area contributed by atoms with Crippen LogP contribution in [0, 0.1) is 6.92 Å². The van der Waals surface area contributed by atoms with Crippen molar-refractivity contribution in [2.75, 3.05) is 4.90 Å². The molecule has 2 aliphatic rings. The van der Waals surface area contributed by atoms with E-state index >= 15 is 0 Å². The Morgan fingerprint density at radius 3 is 2.48 bits per heavy atom. The topological polar surface area (TPSA) is 67.2 Å². The van der Waals surface area contributed by atoms with Crippen LogP contribution in [0.15, 0.2) is 24.3 Å². The van der Waals surface area contributed by atoms with Gasteiger partial charge in [-0.2, -0.15) is 5.10 Å². The molecule has 1 aliphatic carbocycles. The Kier molecular flexibility index (Phi) is 6.85. The van der Waals surface area contributed by atoms with Crippen molar-refractivity contribution >= 4 is 29.1 Å². The number of nitrogens with zero attached hydrogens (tertiary/aromatic N) is 3. The largest absolute Gasteiger partial charge is 0.351 e. The lowest BCUT2D eigenvalue weighted by molar-refractivity contribution is -0.127. The Morgan fingerprint density at radius 2 is 1.82 bits per heavy atom. The number of aromatic nitrogens is 2. The Morgan fingerprint density at radius 1 is 1.15 bits per heavy atom. The summed E-state index contributed by atoms with van der Waals surface area (Å²) in [7, 11) is 0. The van der Waals surface area contributed by atoms with E-state index in [0.29, 0.717) is 22.9 Å². The van der Waals surface area contributed by atoms with Crippen LogP contribution in [-0.4, -0.2) is 33.2 Å². The van der Waals surface area contributed by atoms with Crippen molar-refractivity contribution in [2.45, 2.75) is 96.7 Å². The van der Waals surface area contributed by atoms with Gasteiger partial charge in [0.1, 0.15) is 11.2 Å². The van der Waals surface area contributed by atoms with Crippen LogP contribution in [0.2, 0.25) is 5.02 Å². The third-order valence-corrected chi connectivity index (χ3v) is 7.34. The molecule has 6 nitrogen and oxygen atoms in total. The number of halogens is 1. The molecule has 4 rings (SSSR count). The summed E-state index contributed by atoms with van der Waals surface area (Å²) in [5.74, 6) is -0.165. The van der Waals surface area contributed by atoms with Gasteiger partial charge in [-0.25, -0.2) is 0 Å². The fourth-order valence-corrected chi connectivity index (χ4v) is 5.19. The van der Waals surface area contributed by atoms with E-state index in [4.69, 9.17) is 11.6 Å². The van der Waals surface area contributed by atoms with Crippen molar-refractivity contribution in [1.29, 1.82) is 0 Å². The molecular formula is C26H35ClN4O2. The van der Waals surface area contributed by atoms with Crippen LogP contribution in [-0.2, 0) is 11.3 Å². The maximum absolute atomic E-state index is 13.9. The van der Waals surface area contributed by atoms with Gasteiger partial charge in [0.05, 0.1) is 12.2 Å². The first-order chi connectivity index (χ1) is 15.7. The Bertz CT molecular complexity index is 1040. The molecule has 1 saturated carbocycles. The van der Waals surface area contributed by atoms with Crippen molar-refractivity contribution in [1.82, 2.24) is 15.1 Å². The van der Waals surface area contributed by atoms with Crippen LogP contribution in [0.1, 0.15) is 93.4 Å². The zero-order valence-corrected chi connectivity index (χ0v) is 20.9. The zero-order valence-electron chi connectivity index (χ0n) is 20.2. The summed E-state index contributed by atoms with van der Waals surface area (Å²) >= 11 is 6.34. The minimum absolute atomic E-state index is 0.131. The highest BCUT2D eigenvalue weighted by Gasteiger charge is 2.49. The molecule has 1 N–H and O–H groups in total. The van der Waals surface area contributed by atoms with Gasteiger partial charge in [-0.05, 0) is 56.4 Å². The van der Waals surface area contributed by atoms with Crippen LogP contribution < -0.4 is 10.2 Å². The molecule has 1 atom stereocenters. The highest BCUT2D eigenvalue weighted by Crippen LogP contribution is 2.36. The van der Waals surface area contributed by atoms with E-state index in [9.17, 15) is 9.59 Å². The van der Waals surface area contributed by atoms with E-state index in [-0.39, 0.29) is 23.8 Å². The first-order valence-electron chi connectivity index (χ1n) is 12.2. The number of carbonyl (C=O) groups excluding carboxylic acids is 2. The van der Waals surface area contributed by atoms with Crippen LogP contribution in [0.4, 0.5) is 5.69 Å². The van der Waals surface area contributed by atoms with Crippen molar-refractivity contribution in [3.8, 4) is 0 Å². The quantitative estimate of drug-likeness (QED) is 0.630. The summed E-state index contributed by atoms with van der Waals surface area (Å²) in [6.45, 7) is 8.20. The molecular weight excluding hydrogens is 436 g/mol. The first-order valence-corrected chi connectivity index (χ1v) is 12.6.